The molecular weight excluding hydrogens is 458 g/mol. The van der Waals surface area contributed by atoms with Gasteiger partial charge in [-0.3, -0.25) is 14.0 Å². The fourth-order valence-corrected chi connectivity index (χ4v) is 2.94. The molecule has 0 saturated carbocycles. The summed E-state index contributed by atoms with van der Waals surface area (Å²) in [5.74, 6) is -0.238. The summed E-state index contributed by atoms with van der Waals surface area (Å²) >= 11 is 0. The van der Waals surface area contributed by atoms with Crippen LogP contribution in [0.4, 0.5) is 26.3 Å². The maximum Gasteiger partial charge on any atom is 0.422 e. The highest BCUT2D eigenvalue weighted by molar-refractivity contribution is 5.54. The van der Waals surface area contributed by atoms with Gasteiger partial charge in [0.15, 0.2) is 6.61 Å². The first-order valence-electron chi connectivity index (χ1n) is 9.45. The van der Waals surface area contributed by atoms with Crippen molar-refractivity contribution >= 4 is 0 Å². The Morgan fingerprint density at radius 1 is 1.00 bits per heavy atom. The van der Waals surface area contributed by atoms with Crippen molar-refractivity contribution in [2.45, 2.75) is 25.4 Å². The molecule has 0 amide bonds. The smallest absolute Gasteiger partial charge is 0.422 e. The van der Waals surface area contributed by atoms with E-state index >= 15 is 0 Å². The molecule has 3 aromatic rings. The average molecular weight is 476 g/mol. The van der Waals surface area contributed by atoms with Crippen LogP contribution in [0.1, 0.15) is 18.9 Å². The van der Waals surface area contributed by atoms with Crippen LogP contribution in [0.25, 0.3) is 17.1 Å². The van der Waals surface area contributed by atoms with Crippen molar-refractivity contribution in [3.05, 3.63) is 58.8 Å². The van der Waals surface area contributed by atoms with Crippen LogP contribution >= 0.6 is 0 Å². The van der Waals surface area contributed by atoms with Crippen molar-refractivity contribution in [3.8, 4) is 22.8 Å². The predicted octanol–water partition coefficient (Wildman–Crippen LogP) is 4.21. The first kappa shape index (κ1) is 24.3. The number of benzene rings is 1. The summed E-state index contributed by atoms with van der Waals surface area (Å²) in [5, 5.41) is 3.98. The Kier molecular flexibility index (Phi) is 6.81. The van der Waals surface area contributed by atoms with Gasteiger partial charge in [-0.1, -0.05) is 0 Å². The molecule has 0 spiro atoms. The summed E-state index contributed by atoms with van der Waals surface area (Å²) in [4.78, 5) is 17.3. The van der Waals surface area contributed by atoms with Crippen LogP contribution in [0.2, 0.25) is 0 Å². The van der Waals surface area contributed by atoms with E-state index in [0.29, 0.717) is 5.69 Å². The van der Waals surface area contributed by atoms with Crippen LogP contribution in [-0.2, 0) is 11.8 Å². The number of aromatic nitrogens is 4. The summed E-state index contributed by atoms with van der Waals surface area (Å²) < 4.78 is 87.0. The zero-order valence-corrected chi connectivity index (χ0v) is 17.3. The minimum absolute atomic E-state index is 0.105. The molecule has 0 aliphatic rings. The van der Waals surface area contributed by atoms with E-state index in [-0.39, 0.29) is 23.0 Å². The number of hydrogen-bond acceptors (Lipinski definition) is 5. The highest BCUT2D eigenvalue weighted by atomic mass is 19.4. The standard InChI is InChI=1S/C20H18F6N4O3/c1-12(32-10-19(21,22)23)18-28-15(16-7-8-27-29(16)2)9-17(31)30(18)13-3-5-14(6-4-13)33-11-20(24,25)26/h3-9,12H,10-11H2,1-2H3. The molecule has 178 valence electrons. The maximum atomic E-state index is 13.0. The quantitative estimate of drug-likeness (QED) is 0.478. The van der Waals surface area contributed by atoms with E-state index in [4.69, 9.17) is 4.74 Å². The van der Waals surface area contributed by atoms with E-state index in [1.54, 1.807) is 13.1 Å². The number of rotatable bonds is 7. The number of halogens is 6. The minimum atomic E-state index is -4.60. The molecule has 13 heteroatoms. The first-order chi connectivity index (χ1) is 15.3. The SMILES string of the molecule is CC(OCC(F)(F)F)c1nc(-c2ccnn2C)cc(=O)n1-c1ccc(OCC(F)(F)F)cc1. The highest BCUT2D eigenvalue weighted by Gasteiger charge is 2.30. The molecule has 3 rings (SSSR count). The molecule has 1 unspecified atom stereocenters. The van der Waals surface area contributed by atoms with Crippen molar-refractivity contribution in [2.24, 2.45) is 7.05 Å². The third-order valence-electron chi connectivity index (χ3n) is 4.39. The van der Waals surface area contributed by atoms with Gasteiger partial charge in [0.1, 0.15) is 24.3 Å². The van der Waals surface area contributed by atoms with Gasteiger partial charge in [-0.25, -0.2) is 4.98 Å². The first-order valence-corrected chi connectivity index (χ1v) is 9.45. The molecule has 0 bridgehead atoms. The second-order valence-electron chi connectivity index (χ2n) is 6.98. The molecule has 0 radical (unpaired) electrons. The van der Waals surface area contributed by atoms with Gasteiger partial charge in [-0.05, 0) is 37.3 Å². The highest BCUT2D eigenvalue weighted by Crippen LogP contribution is 2.26. The minimum Gasteiger partial charge on any atom is -0.484 e. The van der Waals surface area contributed by atoms with E-state index in [9.17, 15) is 31.1 Å². The summed E-state index contributed by atoms with van der Waals surface area (Å²) in [6.07, 6.45) is -8.92. The Labute approximate surface area is 183 Å². The Bertz CT molecular complexity index is 1150. The predicted molar refractivity (Wildman–Crippen MR) is 104 cm³/mol. The van der Waals surface area contributed by atoms with Crippen molar-refractivity contribution in [3.63, 3.8) is 0 Å². The zero-order valence-electron chi connectivity index (χ0n) is 17.3. The van der Waals surface area contributed by atoms with E-state index in [1.165, 1.54) is 48.1 Å². The monoisotopic (exact) mass is 476 g/mol. The molecule has 2 heterocycles. The van der Waals surface area contributed by atoms with Gasteiger partial charge < -0.3 is 9.47 Å². The summed E-state index contributed by atoms with van der Waals surface area (Å²) in [7, 11) is 1.60. The number of ether oxygens (including phenoxy) is 2. The Morgan fingerprint density at radius 3 is 2.18 bits per heavy atom. The molecule has 0 aliphatic carbocycles. The van der Waals surface area contributed by atoms with Crippen molar-refractivity contribution in [1.29, 1.82) is 0 Å². The number of nitrogens with zero attached hydrogens (tertiary/aromatic N) is 4. The molecule has 0 N–H and O–H groups in total. The number of hydrogen-bond donors (Lipinski definition) is 0. The molecule has 2 aromatic heterocycles. The summed E-state index contributed by atoms with van der Waals surface area (Å²) in [6.45, 7) is -1.76. The van der Waals surface area contributed by atoms with Crippen LogP contribution in [0, 0.1) is 0 Å². The topological polar surface area (TPSA) is 71.2 Å². The molecule has 0 fully saturated rings. The van der Waals surface area contributed by atoms with Gasteiger partial charge in [0, 0.05) is 19.3 Å². The average Bonchev–Trinajstić information content (AvgIpc) is 3.15. The maximum absolute atomic E-state index is 13.0. The summed E-state index contributed by atoms with van der Waals surface area (Å²) in [6, 6.07) is 7.73. The van der Waals surface area contributed by atoms with Crippen molar-refractivity contribution < 1.29 is 35.8 Å². The lowest BCUT2D eigenvalue weighted by Gasteiger charge is -2.20. The van der Waals surface area contributed by atoms with E-state index in [1.807, 2.05) is 0 Å². The molecule has 7 nitrogen and oxygen atoms in total. The van der Waals surface area contributed by atoms with Crippen molar-refractivity contribution in [2.75, 3.05) is 13.2 Å². The zero-order chi connectivity index (χ0) is 24.4. The van der Waals surface area contributed by atoms with Crippen LogP contribution < -0.4 is 10.3 Å². The van der Waals surface area contributed by atoms with Gasteiger partial charge in [-0.15, -0.1) is 0 Å². The van der Waals surface area contributed by atoms with Crippen LogP contribution in [0.5, 0.6) is 5.75 Å². The second-order valence-corrected chi connectivity index (χ2v) is 6.98. The van der Waals surface area contributed by atoms with Gasteiger partial charge in [0.25, 0.3) is 5.56 Å². The molecule has 33 heavy (non-hydrogen) atoms. The molecule has 0 saturated heterocycles. The van der Waals surface area contributed by atoms with Crippen molar-refractivity contribution in [1.82, 2.24) is 19.3 Å². The fraction of sp³-hybridized carbons (Fsp3) is 0.350. The lowest BCUT2D eigenvalue weighted by atomic mass is 10.2. The van der Waals surface area contributed by atoms with Crippen LogP contribution in [0.15, 0.2) is 47.4 Å². The van der Waals surface area contributed by atoms with Crippen LogP contribution in [-0.4, -0.2) is 44.9 Å². The molecular formula is C20H18F6N4O3. The molecule has 1 aromatic carbocycles. The normalized spacial score (nSPS) is 13.2. The Morgan fingerprint density at radius 2 is 1.64 bits per heavy atom. The van der Waals surface area contributed by atoms with Crippen LogP contribution in [0.3, 0.4) is 0 Å². The van der Waals surface area contributed by atoms with E-state index < -0.39 is 37.2 Å². The Balaban J connectivity index is 2.02. The van der Waals surface area contributed by atoms with E-state index in [0.717, 1.165) is 4.57 Å². The summed E-state index contributed by atoms with van der Waals surface area (Å²) in [5.41, 5.74) is 0.127. The lowest BCUT2D eigenvalue weighted by molar-refractivity contribution is -0.185. The van der Waals surface area contributed by atoms with E-state index in [2.05, 4.69) is 14.8 Å². The van der Waals surface area contributed by atoms with Gasteiger partial charge in [0.2, 0.25) is 0 Å². The van der Waals surface area contributed by atoms with Gasteiger partial charge in [-0.2, -0.15) is 31.4 Å². The number of alkyl halides is 6. The Hall–Kier alpha value is -3.35. The number of aryl methyl sites for hydroxylation is 1. The fourth-order valence-electron chi connectivity index (χ4n) is 2.94. The third kappa shape index (κ3) is 6.34. The van der Waals surface area contributed by atoms with Gasteiger partial charge >= 0.3 is 12.4 Å². The molecule has 1 atom stereocenters. The lowest BCUT2D eigenvalue weighted by Crippen LogP contribution is -2.27. The largest absolute Gasteiger partial charge is 0.484 e. The second kappa shape index (κ2) is 9.25. The molecule has 0 aliphatic heterocycles. The third-order valence-corrected chi connectivity index (χ3v) is 4.39. The van der Waals surface area contributed by atoms with Gasteiger partial charge in [0.05, 0.1) is 17.1 Å².